The Morgan fingerprint density at radius 2 is 2.21 bits per heavy atom. The highest BCUT2D eigenvalue weighted by atomic mass is 32.1. The van der Waals surface area contributed by atoms with Crippen molar-refractivity contribution >= 4 is 29.5 Å². The van der Waals surface area contributed by atoms with Gasteiger partial charge in [0.1, 0.15) is 6.04 Å². The molecule has 3 aliphatic rings. The van der Waals surface area contributed by atoms with Crippen molar-refractivity contribution in [3.8, 4) is 10.7 Å². The molecule has 5 nitrogen and oxygen atoms in total. The van der Waals surface area contributed by atoms with Gasteiger partial charge in [-0.2, -0.15) is 5.10 Å². The van der Waals surface area contributed by atoms with Gasteiger partial charge in [0, 0.05) is 6.04 Å². The third-order valence-corrected chi connectivity index (χ3v) is 7.41. The zero-order valence-electron chi connectivity index (χ0n) is 13.4. The number of H-pyrrole nitrogens is 1. The van der Waals surface area contributed by atoms with E-state index in [4.69, 9.17) is 12.2 Å². The molecular formula is C17H20N4OS2. The van der Waals surface area contributed by atoms with E-state index in [0.29, 0.717) is 10.8 Å². The molecule has 0 saturated heterocycles. The van der Waals surface area contributed by atoms with Crippen LogP contribution in [0.4, 0.5) is 0 Å². The molecule has 2 N–H and O–H groups in total. The van der Waals surface area contributed by atoms with Gasteiger partial charge in [-0.1, -0.05) is 6.07 Å². The van der Waals surface area contributed by atoms with Gasteiger partial charge in [0.25, 0.3) is 0 Å². The molecule has 2 bridgehead atoms. The normalized spacial score (nSPS) is 34.1. The Morgan fingerprint density at radius 1 is 1.46 bits per heavy atom. The van der Waals surface area contributed by atoms with Crippen molar-refractivity contribution in [2.24, 2.45) is 23.7 Å². The Labute approximate surface area is 149 Å². The van der Waals surface area contributed by atoms with Crippen molar-refractivity contribution in [2.45, 2.75) is 38.3 Å². The minimum Gasteiger partial charge on any atom is -0.351 e. The molecule has 1 amide bonds. The van der Waals surface area contributed by atoms with E-state index in [9.17, 15) is 4.79 Å². The zero-order chi connectivity index (χ0) is 16.4. The van der Waals surface area contributed by atoms with Crippen LogP contribution in [0.5, 0.6) is 0 Å². The number of amides is 1. The number of carbonyl (C=O) groups excluding carboxylic acids is 1. The van der Waals surface area contributed by atoms with Crippen LogP contribution in [-0.2, 0) is 4.79 Å². The molecule has 3 aliphatic carbocycles. The van der Waals surface area contributed by atoms with E-state index in [1.165, 1.54) is 19.3 Å². The molecule has 0 spiro atoms. The topological polar surface area (TPSA) is 62.7 Å². The summed E-state index contributed by atoms with van der Waals surface area (Å²) in [5.74, 6) is 4.01. The van der Waals surface area contributed by atoms with E-state index < -0.39 is 0 Å². The number of carbonyl (C=O) groups is 1. The monoisotopic (exact) mass is 360 g/mol. The first-order valence-corrected chi connectivity index (χ1v) is 9.95. The molecule has 2 aromatic rings. The van der Waals surface area contributed by atoms with Crippen molar-refractivity contribution in [1.29, 1.82) is 0 Å². The smallest absolute Gasteiger partial charge is 0.243 e. The average Bonchev–Trinajstić information content (AvgIpc) is 3.12. The Balaban J connectivity index is 1.36. The third kappa shape index (κ3) is 2.07. The summed E-state index contributed by atoms with van der Waals surface area (Å²) in [4.78, 5) is 13.8. The number of aromatic amines is 1. The van der Waals surface area contributed by atoms with Gasteiger partial charge in [-0.15, -0.1) is 11.3 Å². The Hall–Kier alpha value is -1.47. The van der Waals surface area contributed by atoms with E-state index in [-0.39, 0.29) is 11.9 Å². The van der Waals surface area contributed by atoms with Gasteiger partial charge < -0.3 is 5.32 Å². The van der Waals surface area contributed by atoms with Crippen molar-refractivity contribution in [3.05, 3.63) is 22.3 Å². The highest BCUT2D eigenvalue weighted by molar-refractivity contribution is 7.71. The highest BCUT2D eigenvalue weighted by Crippen LogP contribution is 2.65. The summed E-state index contributed by atoms with van der Waals surface area (Å²) in [5.41, 5.74) is 0. The number of fused-ring (bicyclic) bond motifs is 5. The molecule has 2 aromatic heterocycles. The molecule has 7 heteroatoms. The summed E-state index contributed by atoms with van der Waals surface area (Å²) < 4.78 is 2.33. The first-order chi connectivity index (χ1) is 11.6. The van der Waals surface area contributed by atoms with Crippen LogP contribution in [-0.4, -0.2) is 26.7 Å². The number of thiophene rings is 1. The van der Waals surface area contributed by atoms with Crippen molar-refractivity contribution in [2.75, 3.05) is 0 Å². The van der Waals surface area contributed by atoms with Crippen molar-refractivity contribution < 1.29 is 4.79 Å². The molecule has 3 fully saturated rings. The molecule has 6 atom stereocenters. The van der Waals surface area contributed by atoms with E-state index in [1.807, 2.05) is 29.0 Å². The second-order valence-corrected chi connectivity index (χ2v) is 8.73. The fourth-order valence-electron chi connectivity index (χ4n) is 5.16. The van der Waals surface area contributed by atoms with Gasteiger partial charge in [-0.25, -0.2) is 0 Å². The van der Waals surface area contributed by atoms with Crippen molar-refractivity contribution in [1.82, 2.24) is 20.1 Å². The van der Waals surface area contributed by atoms with E-state index in [0.717, 1.165) is 34.4 Å². The van der Waals surface area contributed by atoms with Gasteiger partial charge in [0.2, 0.25) is 5.91 Å². The van der Waals surface area contributed by atoms with Gasteiger partial charge in [-0.3, -0.25) is 14.5 Å². The number of rotatable bonds is 4. The fraction of sp³-hybridized carbons (Fsp3) is 0.588. The van der Waals surface area contributed by atoms with Gasteiger partial charge >= 0.3 is 0 Å². The third-order valence-electron chi connectivity index (χ3n) is 6.26. The predicted octanol–water partition coefficient (Wildman–Crippen LogP) is 3.39. The Kier molecular flexibility index (Phi) is 3.25. The molecule has 126 valence electrons. The van der Waals surface area contributed by atoms with Crippen LogP contribution < -0.4 is 5.32 Å². The van der Waals surface area contributed by atoms with Crippen LogP contribution in [0.15, 0.2) is 17.5 Å². The second kappa shape index (κ2) is 5.26. The summed E-state index contributed by atoms with van der Waals surface area (Å²) in [6, 6.07) is 4.03. The lowest BCUT2D eigenvalue weighted by Gasteiger charge is -2.17. The Morgan fingerprint density at radius 3 is 2.88 bits per heavy atom. The van der Waals surface area contributed by atoms with E-state index >= 15 is 0 Å². The lowest BCUT2D eigenvalue weighted by atomic mass is 10.0. The van der Waals surface area contributed by atoms with Gasteiger partial charge in [0.15, 0.2) is 10.6 Å². The van der Waals surface area contributed by atoms with Crippen LogP contribution in [0, 0.1) is 28.4 Å². The zero-order valence-corrected chi connectivity index (χ0v) is 15.1. The van der Waals surface area contributed by atoms with Crippen molar-refractivity contribution in [3.63, 3.8) is 0 Å². The van der Waals surface area contributed by atoms with Crippen LogP contribution >= 0.6 is 23.6 Å². The lowest BCUT2D eigenvalue weighted by Crippen LogP contribution is -2.35. The van der Waals surface area contributed by atoms with Crippen LogP contribution in [0.25, 0.3) is 10.7 Å². The fourth-order valence-corrected chi connectivity index (χ4v) is 6.16. The SMILES string of the molecule is C[C@H](C(=O)NC1[C@@H]2[C@H]3CC[C@@H](C3)[C@H]12)n1c(-c2cccs2)n[nH]c1=S. The molecule has 0 aromatic carbocycles. The summed E-state index contributed by atoms with van der Waals surface area (Å²) >= 11 is 6.97. The number of hydrogen-bond acceptors (Lipinski definition) is 4. The first kappa shape index (κ1) is 14.8. The minimum atomic E-state index is -0.354. The molecule has 3 saturated carbocycles. The lowest BCUT2D eigenvalue weighted by molar-refractivity contribution is -0.124. The van der Waals surface area contributed by atoms with Gasteiger partial charge in [-0.05, 0) is 73.5 Å². The van der Waals surface area contributed by atoms with E-state index in [1.54, 1.807) is 11.3 Å². The van der Waals surface area contributed by atoms with Crippen LogP contribution in [0.2, 0.25) is 0 Å². The average molecular weight is 361 g/mol. The largest absolute Gasteiger partial charge is 0.351 e. The summed E-state index contributed by atoms with van der Waals surface area (Å²) in [6.45, 7) is 1.91. The highest BCUT2D eigenvalue weighted by Gasteiger charge is 2.65. The number of hydrogen-bond donors (Lipinski definition) is 2. The standard InChI is InChI=1S/C17H20N4OS2/c1-8(21-15(19-20-17(21)23)11-3-2-6-24-11)16(22)18-14-12-9-4-5-10(7-9)13(12)14/h2-3,6,8-10,12-14H,4-5,7H2,1H3,(H,18,22)(H,20,23)/t8-,9+,10+,12-,13+,14?/m1/s1. The molecule has 0 radical (unpaired) electrons. The summed E-state index contributed by atoms with van der Waals surface area (Å²) in [7, 11) is 0. The number of nitrogens with zero attached hydrogens (tertiary/aromatic N) is 2. The second-order valence-electron chi connectivity index (χ2n) is 7.40. The number of aromatic nitrogens is 3. The van der Waals surface area contributed by atoms with Crippen LogP contribution in [0.3, 0.4) is 0 Å². The molecule has 2 heterocycles. The minimum absolute atomic E-state index is 0.0594. The summed E-state index contributed by atoms with van der Waals surface area (Å²) in [6.07, 6.45) is 4.12. The molecule has 24 heavy (non-hydrogen) atoms. The van der Waals surface area contributed by atoms with Crippen LogP contribution in [0.1, 0.15) is 32.2 Å². The molecular weight excluding hydrogens is 340 g/mol. The first-order valence-electron chi connectivity index (χ1n) is 8.66. The molecule has 5 rings (SSSR count). The van der Waals surface area contributed by atoms with Gasteiger partial charge in [0.05, 0.1) is 4.88 Å². The number of nitrogens with one attached hydrogen (secondary N) is 2. The summed E-state index contributed by atoms with van der Waals surface area (Å²) in [5, 5.41) is 12.5. The Bertz CT molecular complexity index is 823. The predicted molar refractivity (Wildman–Crippen MR) is 95.2 cm³/mol. The van der Waals surface area contributed by atoms with E-state index in [2.05, 4.69) is 15.5 Å². The quantitative estimate of drug-likeness (QED) is 0.822. The maximum absolute atomic E-state index is 12.8. The molecule has 0 aliphatic heterocycles. The maximum Gasteiger partial charge on any atom is 0.243 e. The molecule has 1 unspecified atom stereocenters. The maximum atomic E-state index is 12.8.